The zero-order valence-corrected chi connectivity index (χ0v) is 10.6. The molecule has 108 valence electrons. The van der Waals surface area contributed by atoms with Crippen LogP contribution in [0.5, 0.6) is 0 Å². The van der Waals surface area contributed by atoms with Crippen LogP contribution in [-0.4, -0.2) is 16.3 Å². The van der Waals surface area contributed by atoms with Gasteiger partial charge in [-0.15, -0.1) is 0 Å². The van der Waals surface area contributed by atoms with Gasteiger partial charge in [-0.1, -0.05) is 6.07 Å². The molecule has 20 heavy (non-hydrogen) atoms. The van der Waals surface area contributed by atoms with E-state index in [0.717, 1.165) is 16.8 Å². The highest BCUT2D eigenvalue weighted by Crippen LogP contribution is 2.29. The minimum absolute atomic E-state index is 0.156. The van der Waals surface area contributed by atoms with Crippen molar-refractivity contribution in [2.45, 2.75) is 19.0 Å². The first-order valence-electron chi connectivity index (χ1n) is 6.10. The van der Waals surface area contributed by atoms with Gasteiger partial charge in [0.2, 0.25) is 0 Å². The summed E-state index contributed by atoms with van der Waals surface area (Å²) in [5.74, 6) is 0. The van der Waals surface area contributed by atoms with Crippen molar-refractivity contribution in [2.24, 2.45) is 5.73 Å². The zero-order valence-electron chi connectivity index (χ0n) is 10.6. The Hall–Kier alpha value is -2.02. The highest BCUT2D eigenvalue weighted by molar-refractivity contribution is 5.36. The first-order chi connectivity index (χ1) is 9.43. The molecule has 0 amide bonds. The molecule has 0 saturated carbocycles. The summed E-state index contributed by atoms with van der Waals surface area (Å²) in [6.07, 6.45) is -1.79. The predicted octanol–water partition coefficient (Wildman–Crippen LogP) is 2.08. The molecule has 1 aromatic carbocycles. The van der Waals surface area contributed by atoms with Gasteiger partial charge in [0.25, 0.3) is 5.56 Å². The molecule has 0 saturated heterocycles. The van der Waals surface area contributed by atoms with Crippen molar-refractivity contribution in [2.75, 3.05) is 6.54 Å². The molecule has 0 aliphatic heterocycles. The fourth-order valence-corrected chi connectivity index (χ4v) is 1.89. The van der Waals surface area contributed by atoms with Crippen molar-refractivity contribution in [3.8, 4) is 5.69 Å². The van der Waals surface area contributed by atoms with Gasteiger partial charge in [0.05, 0.1) is 11.3 Å². The summed E-state index contributed by atoms with van der Waals surface area (Å²) in [5, 5.41) is 2.67. The lowest BCUT2D eigenvalue weighted by Gasteiger charge is -2.08. The van der Waals surface area contributed by atoms with Crippen molar-refractivity contribution in [3.05, 3.63) is 51.9 Å². The maximum atomic E-state index is 12.6. The Morgan fingerprint density at radius 2 is 2.05 bits per heavy atom. The Morgan fingerprint density at radius 3 is 2.70 bits per heavy atom. The molecule has 0 spiro atoms. The second-order valence-electron chi connectivity index (χ2n) is 4.38. The van der Waals surface area contributed by atoms with Gasteiger partial charge in [-0.2, -0.15) is 13.2 Å². The van der Waals surface area contributed by atoms with Gasteiger partial charge in [-0.25, -0.2) is 4.68 Å². The van der Waals surface area contributed by atoms with Crippen molar-refractivity contribution in [1.82, 2.24) is 9.78 Å². The van der Waals surface area contributed by atoms with Crippen LogP contribution in [0.4, 0.5) is 13.2 Å². The fourth-order valence-electron chi connectivity index (χ4n) is 1.89. The summed E-state index contributed by atoms with van der Waals surface area (Å²) in [6, 6.07) is 4.61. The molecule has 0 unspecified atom stereocenters. The topological polar surface area (TPSA) is 63.8 Å². The van der Waals surface area contributed by atoms with E-state index >= 15 is 0 Å². The van der Waals surface area contributed by atoms with Gasteiger partial charge in [0.15, 0.2) is 0 Å². The Bertz CT molecular complexity index is 643. The van der Waals surface area contributed by atoms with Gasteiger partial charge in [0, 0.05) is 11.8 Å². The number of hydrogen-bond acceptors (Lipinski definition) is 2. The predicted molar refractivity (Wildman–Crippen MR) is 68.8 cm³/mol. The lowest BCUT2D eigenvalue weighted by Crippen LogP contribution is -2.18. The number of alkyl halides is 3. The van der Waals surface area contributed by atoms with Crippen molar-refractivity contribution < 1.29 is 13.2 Å². The van der Waals surface area contributed by atoms with Crippen LogP contribution in [-0.2, 0) is 12.6 Å². The van der Waals surface area contributed by atoms with Gasteiger partial charge in [-0.05, 0) is 37.6 Å². The second-order valence-corrected chi connectivity index (χ2v) is 4.38. The summed E-state index contributed by atoms with van der Waals surface area (Å²) in [5.41, 5.74) is 4.89. The third-order valence-corrected chi connectivity index (χ3v) is 2.93. The summed E-state index contributed by atoms with van der Waals surface area (Å²) in [4.78, 5) is 12.0. The molecule has 7 heteroatoms. The van der Waals surface area contributed by atoms with E-state index in [2.05, 4.69) is 5.10 Å². The Morgan fingerprint density at radius 1 is 1.30 bits per heavy atom. The van der Waals surface area contributed by atoms with Crippen LogP contribution >= 0.6 is 0 Å². The van der Waals surface area contributed by atoms with Crippen LogP contribution in [0.3, 0.4) is 0 Å². The number of nitrogens with two attached hydrogens (primary N) is 1. The number of nitrogens with zero attached hydrogens (tertiary/aromatic N) is 1. The SMILES string of the molecule is NCCCc1c[nH]n(-c2cccc(C(F)(F)F)c2)c1=O. The largest absolute Gasteiger partial charge is 0.416 e. The minimum Gasteiger partial charge on any atom is -0.330 e. The Kier molecular flexibility index (Phi) is 3.99. The first kappa shape index (κ1) is 14.4. The van der Waals surface area contributed by atoms with Crippen LogP contribution in [0, 0.1) is 0 Å². The van der Waals surface area contributed by atoms with Gasteiger partial charge in [0.1, 0.15) is 0 Å². The number of rotatable bonds is 4. The molecule has 0 aliphatic carbocycles. The average Bonchev–Trinajstić information content (AvgIpc) is 2.77. The summed E-state index contributed by atoms with van der Waals surface area (Å²) in [7, 11) is 0. The monoisotopic (exact) mass is 285 g/mol. The molecule has 0 bridgehead atoms. The molecular formula is C13H14F3N3O. The number of hydrogen-bond donors (Lipinski definition) is 2. The van der Waals surface area contributed by atoms with E-state index < -0.39 is 11.7 Å². The van der Waals surface area contributed by atoms with E-state index in [-0.39, 0.29) is 11.2 Å². The number of aromatic nitrogens is 2. The van der Waals surface area contributed by atoms with Gasteiger partial charge >= 0.3 is 6.18 Å². The van der Waals surface area contributed by atoms with E-state index in [9.17, 15) is 18.0 Å². The zero-order chi connectivity index (χ0) is 14.8. The van der Waals surface area contributed by atoms with Crippen LogP contribution in [0.15, 0.2) is 35.3 Å². The third-order valence-electron chi connectivity index (χ3n) is 2.93. The first-order valence-corrected chi connectivity index (χ1v) is 6.10. The number of benzene rings is 1. The second kappa shape index (κ2) is 5.54. The van der Waals surface area contributed by atoms with E-state index in [1.54, 1.807) is 0 Å². The third kappa shape index (κ3) is 2.93. The Balaban J connectivity index is 2.38. The van der Waals surface area contributed by atoms with E-state index in [0.29, 0.717) is 24.9 Å². The maximum Gasteiger partial charge on any atom is 0.416 e. The normalized spacial score (nSPS) is 11.8. The molecule has 0 atom stereocenters. The average molecular weight is 285 g/mol. The Labute approximate surface area is 113 Å². The van der Waals surface area contributed by atoms with E-state index in [1.807, 2.05) is 0 Å². The molecule has 4 nitrogen and oxygen atoms in total. The van der Waals surface area contributed by atoms with Crippen LogP contribution < -0.4 is 11.3 Å². The number of nitrogens with one attached hydrogen (secondary N) is 1. The molecule has 1 heterocycles. The quantitative estimate of drug-likeness (QED) is 0.903. The molecule has 0 fully saturated rings. The summed E-state index contributed by atoms with van der Waals surface area (Å²) >= 11 is 0. The highest BCUT2D eigenvalue weighted by atomic mass is 19.4. The molecule has 0 radical (unpaired) electrons. The van der Waals surface area contributed by atoms with Crippen LogP contribution in [0.1, 0.15) is 17.5 Å². The van der Waals surface area contributed by atoms with Crippen molar-refractivity contribution in [3.63, 3.8) is 0 Å². The summed E-state index contributed by atoms with van der Waals surface area (Å²) < 4.78 is 39.0. The van der Waals surface area contributed by atoms with Crippen LogP contribution in [0.2, 0.25) is 0 Å². The lowest BCUT2D eigenvalue weighted by molar-refractivity contribution is -0.137. The van der Waals surface area contributed by atoms with E-state index in [1.165, 1.54) is 18.3 Å². The molecule has 2 aromatic rings. The smallest absolute Gasteiger partial charge is 0.330 e. The fraction of sp³-hybridized carbons (Fsp3) is 0.308. The van der Waals surface area contributed by atoms with Crippen molar-refractivity contribution in [1.29, 1.82) is 0 Å². The highest BCUT2D eigenvalue weighted by Gasteiger charge is 2.30. The minimum atomic E-state index is -4.44. The molecule has 2 rings (SSSR count). The lowest BCUT2D eigenvalue weighted by atomic mass is 10.2. The summed E-state index contributed by atoms with van der Waals surface area (Å²) in [6.45, 7) is 0.453. The molecule has 1 aromatic heterocycles. The van der Waals surface area contributed by atoms with Gasteiger partial charge in [-0.3, -0.25) is 9.89 Å². The number of aryl methyl sites for hydroxylation is 1. The maximum absolute atomic E-state index is 12.6. The van der Waals surface area contributed by atoms with Crippen molar-refractivity contribution >= 4 is 0 Å². The molecular weight excluding hydrogens is 271 g/mol. The number of aromatic amines is 1. The molecule has 3 N–H and O–H groups in total. The number of H-pyrrole nitrogens is 1. The van der Waals surface area contributed by atoms with Crippen LogP contribution in [0.25, 0.3) is 5.69 Å². The number of halogens is 3. The standard InChI is InChI=1S/C13H14F3N3O/c14-13(15,16)10-4-1-5-11(7-10)19-12(20)9(8-18-19)3-2-6-17/h1,4-5,7-8,18H,2-3,6,17H2. The van der Waals surface area contributed by atoms with Gasteiger partial charge < -0.3 is 5.73 Å². The van der Waals surface area contributed by atoms with E-state index in [4.69, 9.17) is 5.73 Å². The molecule has 0 aliphatic rings.